The number of aliphatic hydroxyl groups is 4. The zero-order valence-corrected chi connectivity index (χ0v) is 33.8. The highest BCUT2D eigenvalue weighted by Gasteiger charge is 2.53. The summed E-state index contributed by atoms with van der Waals surface area (Å²) in [7, 11) is -14.1. The molecule has 0 bridgehead atoms. The van der Waals surface area contributed by atoms with Crippen molar-refractivity contribution in [3.05, 3.63) is 58.1 Å². The molecule has 4 aromatic heterocycles. The Labute approximate surface area is 345 Å². The minimum absolute atomic E-state index is 0.0109. The number of hydrogen-bond donors (Lipinski definition) is 10. The van der Waals surface area contributed by atoms with Gasteiger partial charge in [0.1, 0.15) is 85.0 Å². The van der Waals surface area contributed by atoms with Gasteiger partial charge < -0.3 is 61.6 Å². The molecular formula is C28H37N11O20P3+. The molecule has 0 aliphatic carbocycles. The number of nitrogens with zero attached hydrogens (tertiary/aromatic N) is 8. The molecule has 15 atom stereocenters. The van der Waals surface area contributed by atoms with Gasteiger partial charge >= 0.3 is 35.3 Å². The minimum atomic E-state index is -5.46. The number of ether oxygens (including phenoxy) is 3. The Morgan fingerprint density at radius 3 is 1.69 bits per heavy atom. The second-order valence-corrected chi connectivity index (χ2v) is 17.1. The molecule has 3 unspecified atom stereocenters. The van der Waals surface area contributed by atoms with Crippen molar-refractivity contribution in [3.8, 4) is 0 Å². The molecule has 3 aliphatic heterocycles. The van der Waals surface area contributed by atoms with Crippen LogP contribution in [0.4, 0.5) is 17.5 Å². The molecule has 338 valence electrons. The molecule has 13 N–H and O–H groups in total. The van der Waals surface area contributed by atoms with Gasteiger partial charge in [0.15, 0.2) is 30.1 Å². The van der Waals surface area contributed by atoms with Gasteiger partial charge in [-0.05, 0) is 12.1 Å². The van der Waals surface area contributed by atoms with Crippen molar-refractivity contribution < 1.29 is 85.6 Å². The largest absolute Gasteiger partial charge is 0.694 e. The molecule has 62 heavy (non-hydrogen) atoms. The smallest absolute Gasteiger partial charge is 0.387 e. The van der Waals surface area contributed by atoms with Crippen molar-refractivity contribution in [2.24, 2.45) is 0 Å². The number of fused-ring (bicyclic) bond motifs is 1. The second kappa shape index (κ2) is 18.0. The summed E-state index contributed by atoms with van der Waals surface area (Å²) >= 11 is 0. The molecule has 3 fully saturated rings. The van der Waals surface area contributed by atoms with Crippen LogP contribution in [0.2, 0.25) is 0 Å². The van der Waals surface area contributed by atoms with E-state index in [1.54, 1.807) is 0 Å². The van der Waals surface area contributed by atoms with Gasteiger partial charge in [-0.1, -0.05) is 0 Å². The van der Waals surface area contributed by atoms with Crippen LogP contribution >= 0.6 is 23.9 Å². The molecule has 0 radical (unpaired) electrons. The second-order valence-electron chi connectivity index (χ2n) is 13.5. The summed E-state index contributed by atoms with van der Waals surface area (Å²) in [5, 5.41) is 43.9. The summed E-state index contributed by atoms with van der Waals surface area (Å²) in [4.78, 5) is 74.9. The first kappa shape index (κ1) is 45.7. The summed E-state index contributed by atoms with van der Waals surface area (Å²) in [6.07, 6.45) is -16.7. The minimum Gasteiger partial charge on any atom is -0.387 e. The van der Waals surface area contributed by atoms with Crippen molar-refractivity contribution in [2.45, 2.75) is 73.6 Å². The number of hydrogen-bond acceptors (Lipinski definition) is 25. The molecular weight excluding hydrogens is 903 g/mol. The number of phosphoric ester groups is 2. The van der Waals surface area contributed by atoms with Gasteiger partial charge in [-0.25, -0.2) is 33.7 Å². The van der Waals surface area contributed by atoms with Gasteiger partial charge in [0, 0.05) is 17.0 Å². The lowest BCUT2D eigenvalue weighted by atomic mass is 10.1. The van der Waals surface area contributed by atoms with Gasteiger partial charge in [0.05, 0.1) is 19.5 Å². The van der Waals surface area contributed by atoms with E-state index < -0.39 is 129 Å². The van der Waals surface area contributed by atoms with E-state index in [0.717, 1.165) is 35.4 Å². The van der Waals surface area contributed by atoms with Gasteiger partial charge in [-0.2, -0.15) is 9.97 Å². The molecule has 0 amide bonds. The Kier molecular flexibility index (Phi) is 13.3. The molecule has 0 spiro atoms. The van der Waals surface area contributed by atoms with Crippen LogP contribution in [0.1, 0.15) is 18.7 Å². The maximum absolute atomic E-state index is 13.4. The van der Waals surface area contributed by atoms with Crippen LogP contribution in [0.5, 0.6) is 0 Å². The van der Waals surface area contributed by atoms with E-state index in [0.29, 0.717) is 4.57 Å². The summed E-state index contributed by atoms with van der Waals surface area (Å²) in [6, 6.07) is 2.30. The normalized spacial score (nSPS) is 32.2. The van der Waals surface area contributed by atoms with Crippen LogP contribution in [0, 0.1) is 0 Å². The Morgan fingerprint density at radius 2 is 1.18 bits per heavy atom. The number of phosphoric acid groups is 2. The van der Waals surface area contributed by atoms with Crippen molar-refractivity contribution in [1.82, 2.24) is 38.6 Å². The molecule has 31 nitrogen and oxygen atoms in total. The van der Waals surface area contributed by atoms with E-state index in [-0.39, 0.29) is 28.6 Å². The maximum atomic E-state index is 13.4. The Balaban J connectivity index is 1.06. The summed E-state index contributed by atoms with van der Waals surface area (Å²) in [6.45, 7) is -2.91. The molecule has 7 heterocycles. The molecule has 3 saturated heterocycles. The van der Waals surface area contributed by atoms with E-state index >= 15 is 0 Å². The SMILES string of the molecule is Nc1ccn([C@@H]2O[C@H](CO[P+](=O)O)[C@@H](OP(=O)(O)OC[C@H]3O[C@@H](n4ccc(N)nc4=O)[C@H](O)[C@@H]3OP(=O)(O)OC[C@H]3O[C@@H](n4cnc5c(N)ncnc54)[C@H](O)[C@@H]3O)[C@H]2O)c(=O)n1. The predicted octanol–water partition coefficient (Wildman–Crippen LogP) is -4.11. The topological polar surface area (TPSA) is 458 Å². The zero-order valence-electron chi connectivity index (χ0n) is 31.1. The number of aliphatic hydroxyl groups excluding tert-OH is 4. The summed E-state index contributed by atoms with van der Waals surface area (Å²) in [5.74, 6) is -0.412. The third kappa shape index (κ3) is 9.60. The van der Waals surface area contributed by atoms with E-state index in [4.69, 9.17) is 49.5 Å². The van der Waals surface area contributed by atoms with Gasteiger partial charge in [0.25, 0.3) is 0 Å². The average Bonchev–Trinajstić information content (AvgIpc) is 3.92. The van der Waals surface area contributed by atoms with Crippen LogP contribution in [0.15, 0.2) is 46.8 Å². The van der Waals surface area contributed by atoms with Crippen LogP contribution in [0.25, 0.3) is 11.2 Å². The van der Waals surface area contributed by atoms with E-state index in [9.17, 15) is 58.4 Å². The fraction of sp³-hybridized carbons (Fsp3) is 0.536. The van der Waals surface area contributed by atoms with Crippen LogP contribution in [0.3, 0.4) is 0 Å². The van der Waals surface area contributed by atoms with E-state index in [1.807, 2.05) is 0 Å². The number of imidazole rings is 1. The highest BCUT2D eigenvalue weighted by atomic mass is 31.2. The lowest BCUT2D eigenvalue weighted by Gasteiger charge is -2.25. The maximum Gasteiger partial charge on any atom is 0.694 e. The van der Waals surface area contributed by atoms with E-state index in [1.165, 1.54) is 10.9 Å². The third-order valence-corrected chi connectivity index (χ3v) is 11.9. The number of nitrogens with two attached hydrogens (primary N) is 3. The molecule has 3 aliphatic rings. The standard InChI is InChI=1S/C28H36N11O20P3/c29-13-1-3-37(27(44)35-13)25-18(42)20(11(56-25)5-52-60(46)47)58-62(50,51)54-7-12-21(19(43)26(57-12)38-4-2-14(30)36-28(38)45)59-61(48,49)53-6-10-16(40)17(41)24(55-10)39-9-34-15-22(31)32-8-33-23(15)39/h1-4,8-12,16-21,24-26,40-43H,5-7H2,(H8-,29,30,31,32,33,35,36,44,45,46,47,48,49,50,51)/p+1/t10-,11-,12-,16-,17-,18-,19-,20-,21-,24-,25-,26-/m1/s1. The fourth-order valence-corrected chi connectivity index (χ4v) is 8.86. The number of rotatable bonds is 16. The first-order valence-electron chi connectivity index (χ1n) is 17.6. The molecule has 0 aromatic carbocycles. The monoisotopic (exact) mass is 940 g/mol. The molecule has 4 aromatic rings. The number of anilines is 3. The summed E-state index contributed by atoms with van der Waals surface area (Å²) < 4.78 is 82.9. The van der Waals surface area contributed by atoms with Crippen LogP contribution in [-0.4, -0.2) is 148 Å². The van der Waals surface area contributed by atoms with Crippen LogP contribution in [-0.2, 0) is 50.5 Å². The molecule has 34 heteroatoms. The van der Waals surface area contributed by atoms with Crippen molar-refractivity contribution in [2.75, 3.05) is 37.0 Å². The quantitative estimate of drug-likeness (QED) is 0.0477. The Hall–Kier alpha value is -4.33. The summed E-state index contributed by atoms with van der Waals surface area (Å²) in [5.41, 5.74) is 15.1. The number of aromatic nitrogens is 8. The lowest BCUT2D eigenvalue weighted by Crippen LogP contribution is -2.39. The first-order valence-corrected chi connectivity index (χ1v) is 21.8. The molecule has 0 saturated carbocycles. The highest BCUT2D eigenvalue weighted by molar-refractivity contribution is 7.47. The first-order chi connectivity index (χ1) is 29.2. The Morgan fingerprint density at radius 1 is 0.694 bits per heavy atom. The van der Waals surface area contributed by atoms with Gasteiger partial charge in [0.2, 0.25) is 0 Å². The van der Waals surface area contributed by atoms with Crippen LogP contribution < -0.4 is 28.6 Å². The lowest BCUT2D eigenvalue weighted by molar-refractivity contribution is -0.0628. The predicted molar refractivity (Wildman–Crippen MR) is 198 cm³/mol. The van der Waals surface area contributed by atoms with Gasteiger partial charge in [-0.15, -0.1) is 9.42 Å². The van der Waals surface area contributed by atoms with E-state index in [2.05, 4.69) is 29.4 Å². The Bertz CT molecular complexity index is 2520. The number of nitrogen functional groups attached to an aromatic ring is 3. The third-order valence-electron chi connectivity index (χ3n) is 9.53. The zero-order chi connectivity index (χ0) is 44.8. The van der Waals surface area contributed by atoms with Crippen molar-refractivity contribution in [1.29, 1.82) is 0 Å². The van der Waals surface area contributed by atoms with Gasteiger partial charge in [-0.3, -0.25) is 31.8 Å². The van der Waals surface area contributed by atoms with Crippen molar-refractivity contribution in [3.63, 3.8) is 0 Å². The highest BCUT2D eigenvalue weighted by Crippen LogP contribution is 2.52. The fourth-order valence-electron chi connectivity index (χ4n) is 6.66. The average molecular weight is 941 g/mol. The van der Waals surface area contributed by atoms with Crippen molar-refractivity contribution >= 4 is 52.5 Å². The molecule has 7 rings (SSSR count).